The molecule has 1 fully saturated rings. The predicted molar refractivity (Wildman–Crippen MR) is 65.5 cm³/mol. The second kappa shape index (κ2) is 5.32. The van der Waals surface area contributed by atoms with Crippen molar-refractivity contribution in [3.63, 3.8) is 0 Å². The summed E-state index contributed by atoms with van der Waals surface area (Å²) < 4.78 is 0. The molecule has 0 unspecified atom stereocenters. The minimum Gasteiger partial charge on any atom is -0.508 e. The fraction of sp³-hybridized carbons (Fsp3) is 0.538. The van der Waals surface area contributed by atoms with Crippen molar-refractivity contribution >= 4 is 0 Å². The Hall–Kier alpha value is -1.06. The summed E-state index contributed by atoms with van der Waals surface area (Å²) >= 11 is 0. The smallest absolute Gasteiger partial charge is 0.115 e. The van der Waals surface area contributed by atoms with Crippen molar-refractivity contribution in [1.82, 2.24) is 10.2 Å². The molecular formula is C13H20N2O. The third-order valence-corrected chi connectivity index (χ3v) is 3.08. The van der Waals surface area contributed by atoms with Crippen LogP contribution in [0.3, 0.4) is 0 Å². The maximum absolute atomic E-state index is 9.14. The van der Waals surface area contributed by atoms with Gasteiger partial charge < -0.3 is 15.3 Å². The molecule has 0 heterocycles. The van der Waals surface area contributed by atoms with Crippen LogP contribution in [-0.2, 0) is 6.54 Å². The van der Waals surface area contributed by atoms with Crippen LogP contribution in [-0.4, -0.2) is 36.2 Å². The van der Waals surface area contributed by atoms with Crippen molar-refractivity contribution in [2.75, 3.05) is 20.1 Å². The molecule has 2 N–H and O–H groups in total. The van der Waals surface area contributed by atoms with Gasteiger partial charge >= 0.3 is 0 Å². The number of hydrogen-bond donors (Lipinski definition) is 2. The van der Waals surface area contributed by atoms with Crippen molar-refractivity contribution in [3.8, 4) is 5.75 Å². The molecule has 88 valence electrons. The van der Waals surface area contributed by atoms with E-state index in [0.717, 1.165) is 25.7 Å². The molecule has 16 heavy (non-hydrogen) atoms. The highest BCUT2D eigenvalue weighted by atomic mass is 16.3. The van der Waals surface area contributed by atoms with Crippen LogP contribution in [0.25, 0.3) is 0 Å². The highest BCUT2D eigenvalue weighted by molar-refractivity contribution is 5.25. The van der Waals surface area contributed by atoms with Crippen LogP contribution in [0.2, 0.25) is 0 Å². The lowest BCUT2D eigenvalue weighted by Crippen LogP contribution is -2.30. The number of likely N-dealkylation sites (N-methyl/N-ethyl adjacent to an activating group) is 1. The lowest BCUT2D eigenvalue weighted by atomic mass is 10.2. The first-order valence-electron chi connectivity index (χ1n) is 5.94. The minimum atomic E-state index is 0.331. The second-order valence-corrected chi connectivity index (χ2v) is 4.56. The lowest BCUT2D eigenvalue weighted by Gasteiger charge is -2.15. The number of benzene rings is 1. The maximum Gasteiger partial charge on any atom is 0.115 e. The van der Waals surface area contributed by atoms with Gasteiger partial charge in [0.05, 0.1) is 0 Å². The molecule has 3 heteroatoms. The molecule has 0 saturated heterocycles. The Bertz CT molecular complexity index is 319. The van der Waals surface area contributed by atoms with Gasteiger partial charge in [0, 0.05) is 25.7 Å². The van der Waals surface area contributed by atoms with Gasteiger partial charge in [-0.05, 0) is 37.6 Å². The Morgan fingerprint density at radius 3 is 2.62 bits per heavy atom. The fourth-order valence-electron chi connectivity index (χ4n) is 1.80. The topological polar surface area (TPSA) is 35.5 Å². The van der Waals surface area contributed by atoms with Gasteiger partial charge in [-0.1, -0.05) is 12.1 Å². The number of phenolic OH excluding ortho intramolecular Hbond substituents is 1. The van der Waals surface area contributed by atoms with Gasteiger partial charge in [0.1, 0.15) is 5.75 Å². The van der Waals surface area contributed by atoms with E-state index in [1.807, 2.05) is 12.1 Å². The molecule has 2 rings (SSSR count). The molecule has 1 aromatic carbocycles. The van der Waals surface area contributed by atoms with E-state index in [2.05, 4.69) is 17.3 Å². The van der Waals surface area contributed by atoms with Gasteiger partial charge in [-0.2, -0.15) is 0 Å². The van der Waals surface area contributed by atoms with Gasteiger partial charge in [-0.3, -0.25) is 0 Å². The Balaban J connectivity index is 1.62. The average molecular weight is 220 g/mol. The number of nitrogens with one attached hydrogen (secondary N) is 1. The average Bonchev–Trinajstić information content (AvgIpc) is 3.10. The molecule has 1 saturated carbocycles. The minimum absolute atomic E-state index is 0.331. The van der Waals surface area contributed by atoms with Crippen molar-refractivity contribution < 1.29 is 5.11 Å². The maximum atomic E-state index is 9.14. The number of phenols is 1. The highest BCUT2D eigenvalue weighted by Crippen LogP contribution is 2.24. The standard InChI is InChI=1S/C13H20N2O/c1-15(12-4-5-12)9-8-14-10-11-2-6-13(16)7-3-11/h2-3,6-7,12,14,16H,4-5,8-10H2,1H3. The van der Waals surface area contributed by atoms with E-state index in [1.165, 1.54) is 18.4 Å². The first-order valence-corrected chi connectivity index (χ1v) is 5.94. The van der Waals surface area contributed by atoms with E-state index in [-0.39, 0.29) is 0 Å². The molecule has 1 aromatic rings. The molecule has 1 aliphatic rings. The van der Waals surface area contributed by atoms with E-state index >= 15 is 0 Å². The summed E-state index contributed by atoms with van der Waals surface area (Å²) in [6, 6.07) is 8.20. The van der Waals surface area contributed by atoms with Crippen LogP contribution >= 0.6 is 0 Å². The van der Waals surface area contributed by atoms with Crippen LogP contribution in [0.4, 0.5) is 0 Å². The van der Waals surface area contributed by atoms with E-state index < -0.39 is 0 Å². The summed E-state index contributed by atoms with van der Waals surface area (Å²) in [5.41, 5.74) is 1.21. The van der Waals surface area contributed by atoms with Crippen LogP contribution in [0.1, 0.15) is 18.4 Å². The molecule has 0 atom stereocenters. The molecule has 0 aromatic heterocycles. The van der Waals surface area contributed by atoms with Crippen molar-refractivity contribution in [2.45, 2.75) is 25.4 Å². The largest absolute Gasteiger partial charge is 0.508 e. The van der Waals surface area contributed by atoms with E-state index in [1.54, 1.807) is 12.1 Å². The zero-order valence-corrected chi connectivity index (χ0v) is 9.82. The van der Waals surface area contributed by atoms with Crippen LogP contribution < -0.4 is 5.32 Å². The first-order chi connectivity index (χ1) is 7.75. The Morgan fingerprint density at radius 2 is 2.00 bits per heavy atom. The predicted octanol–water partition coefficient (Wildman–Crippen LogP) is 1.58. The molecule has 0 radical (unpaired) electrons. The molecule has 0 amide bonds. The normalized spacial score (nSPS) is 15.6. The third-order valence-electron chi connectivity index (χ3n) is 3.08. The third kappa shape index (κ3) is 3.51. The molecule has 1 aliphatic carbocycles. The first kappa shape index (κ1) is 11.4. The summed E-state index contributed by atoms with van der Waals surface area (Å²) in [5.74, 6) is 0.331. The van der Waals surface area contributed by atoms with Gasteiger partial charge in [-0.15, -0.1) is 0 Å². The van der Waals surface area contributed by atoms with Crippen molar-refractivity contribution in [3.05, 3.63) is 29.8 Å². The second-order valence-electron chi connectivity index (χ2n) is 4.56. The number of aromatic hydroxyl groups is 1. The Morgan fingerprint density at radius 1 is 1.31 bits per heavy atom. The quantitative estimate of drug-likeness (QED) is 0.714. The molecular weight excluding hydrogens is 200 g/mol. The van der Waals surface area contributed by atoms with Gasteiger partial charge in [-0.25, -0.2) is 0 Å². The molecule has 3 nitrogen and oxygen atoms in total. The SMILES string of the molecule is CN(CCNCc1ccc(O)cc1)C1CC1. The van der Waals surface area contributed by atoms with E-state index in [4.69, 9.17) is 5.11 Å². The summed E-state index contributed by atoms with van der Waals surface area (Å²) in [6.07, 6.45) is 2.74. The summed E-state index contributed by atoms with van der Waals surface area (Å²) in [7, 11) is 2.19. The molecule has 0 spiro atoms. The Kier molecular flexibility index (Phi) is 3.80. The number of rotatable bonds is 6. The van der Waals surface area contributed by atoms with Crippen LogP contribution in [0.5, 0.6) is 5.75 Å². The Labute approximate surface area is 97.1 Å². The van der Waals surface area contributed by atoms with Gasteiger partial charge in [0.15, 0.2) is 0 Å². The fourth-order valence-corrected chi connectivity index (χ4v) is 1.80. The van der Waals surface area contributed by atoms with Crippen LogP contribution in [0.15, 0.2) is 24.3 Å². The summed E-state index contributed by atoms with van der Waals surface area (Å²) in [5, 5.41) is 12.6. The highest BCUT2D eigenvalue weighted by Gasteiger charge is 2.25. The van der Waals surface area contributed by atoms with Gasteiger partial charge in [0.25, 0.3) is 0 Å². The number of hydrogen-bond acceptors (Lipinski definition) is 3. The number of nitrogens with zero attached hydrogens (tertiary/aromatic N) is 1. The molecule has 0 bridgehead atoms. The van der Waals surface area contributed by atoms with Crippen LogP contribution in [0, 0.1) is 0 Å². The molecule has 0 aliphatic heterocycles. The van der Waals surface area contributed by atoms with E-state index in [9.17, 15) is 0 Å². The summed E-state index contributed by atoms with van der Waals surface area (Å²) in [6.45, 7) is 3.01. The van der Waals surface area contributed by atoms with E-state index in [0.29, 0.717) is 5.75 Å². The van der Waals surface area contributed by atoms with Crippen molar-refractivity contribution in [2.24, 2.45) is 0 Å². The lowest BCUT2D eigenvalue weighted by molar-refractivity contribution is 0.321. The zero-order chi connectivity index (χ0) is 11.4. The monoisotopic (exact) mass is 220 g/mol. The zero-order valence-electron chi connectivity index (χ0n) is 9.82. The van der Waals surface area contributed by atoms with Gasteiger partial charge in [0.2, 0.25) is 0 Å². The summed E-state index contributed by atoms with van der Waals surface area (Å²) in [4.78, 5) is 2.42. The van der Waals surface area contributed by atoms with Crippen molar-refractivity contribution in [1.29, 1.82) is 0 Å².